The second-order valence-corrected chi connectivity index (χ2v) is 7.66. The van der Waals surface area contributed by atoms with Crippen molar-refractivity contribution in [3.63, 3.8) is 0 Å². The molecular formula is C21H22F4N4O6. The maximum atomic E-state index is 14.6. The summed E-state index contributed by atoms with van der Waals surface area (Å²) in [6.07, 6.45) is -10.8. The van der Waals surface area contributed by atoms with Crippen LogP contribution >= 0.6 is 0 Å². The van der Waals surface area contributed by atoms with Gasteiger partial charge in [-0.1, -0.05) is 18.2 Å². The minimum Gasteiger partial charge on any atom is -0.394 e. The highest BCUT2D eigenvalue weighted by atomic mass is 19.4. The smallest absolute Gasteiger partial charge is 0.394 e. The van der Waals surface area contributed by atoms with E-state index in [4.69, 9.17) is 4.74 Å². The number of rotatable bonds is 8. The lowest BCUT2D eigenvalue weighted by molar-refractivity contribution is -0.173. The minimum atomic E-state index is -5.05. The Bertz CT molecular complexity index is 1110. The number of halogens is 4. The summed E-state index contributed by atoms with van der Waals surface area (Å²) in [5.41, 5.74) is -0.674. The summed E-state index contributed by atoms with van der Waals surface area (Å²) in [7, 11) is 0. The third-order valence-electron chi connectivity index (χ3n) is 5.21. The number of aryl methyl sites for hydroxylation is 1. The molecule has 2 amide bonds. The Morgan fingerprint density at radius 3 is 2.49 bits per heavy atom. The van der Waals surface area contributed by atoms with E-state index in [1.54, 1.807) is 23.5 Å². The highest BCUT2D eigenvalue weighted by molar-refractivity contribution is 6.04. The van der Waals surface area contributed by atoms with Crippen molar-refractivity contribution in [1.82, 2.24) is 14.9 Å². The van der Waals surface area contributed by atoms with Crippen molar-refractivity contribution in [2.75, 3.05) is 18.5 Å². The molecule has 0 unspecified atom stereocenters. The Balaban J connectivity index is 1.86. The number of nitrogens with zero attached hydrogens (tertiary/aromatic N) is 2. The molecule has 4 atom stereocenters. The summed E-state index contributed by atoms with van der Waals surface area (Å²) in [6.45, 7) is -1.10. The number of alkyl halides is 4. The summed E-state index contributed by atoms with van der Waals surface area (Å²) in [5.74, 6) is -2.96. The van der Waals surface area contributed by atoms with E-state index in [-0.39, 0.29) is 36.3 Å². The highest BCUT2D eigenvalue weighted by Gasteiger charge is 2.45. The summed E-state index contributed by atoms with van der Waals surface area (Å²) in [4.78, 5) is 39.9. The van der Waals surface area contributed by atoms with Crippen molar-refractivity contribution >= 4 is 17.6 Å². The molecule has 1 aliphatic heterocycles. The largest absolute Gasteiger partial charge is 0.471 e. The second kappa shape index (κ2) is 10.9. The van der Waals surface area contributed by atoms with Crippen LogP contribution in [0.3, 0.4) is 0 Å². The first-order valence-electron chi connectivity index (χ1n) is 10.4. The number of carbonyl (C=O) groups is 2. The molecule has 2 aromatic rings. The van der Waals surface area contributed by atoms with Crippen molar-refractivity contribution in [3.8, 4) is 0 Å². The van der Waals surface area contributed by atoms with E-state index in [0.717, 1.165) is 10.8 Å². The number of aromatic nitrogens is 2. The van der Waals surface area contributed by atoms with Gasteiger partial charge in [0.25, 0.3) is 5.91 Å². The normalized spacial score (nSPS) is 22.1. The van der Waals surface area contributed by atoms with Crippen LogP contribution in [-0.2, 0) is 16.0 Å². The monoisotopic (exact) mass is 502 g/mol. The number of ether oxygens (including phenoxy) is 1. The summed E-state index contributed by atoms with van der Waals surface area (Å²) in [6, 6.07) is 7.89. The molecule has 35 heavy (non-hydrogen) atoms. The number of aliphatic hydroxyl groups is 2. The molecule has 1 aromatic carbocycles. The third kappa shape index (κ3) is 6.21. The van der Waals surface area contributed by atoms with Crippen LogP contribution in [0.25, 0.3) is 0 Å². The zero-order valence-corrected chi connectivity index (χ0v) is 18.0. The minimum absolute atomic E-state index is 0.0532. The molecule has 2 heterocycles. The number of amides is 2. The van der Waals surface area contributed by atoms with Gasteiger partial charge in [-0.2, -0.15) is 18.2 Å². The average molecular weight is 502 g/mol. The van der Waals surface area contributed by atoms with Crippen molar-refractivity contribution in [3.05, 3.63) is 58.1 Å². The van der Waals surface area contributed by atoms with Crippen LogP contribution in [0.2, 0.25) is 0 Å². The molecule has 14 heteroatoms. The van der Waals surface area contributed by atoms with Crippen molar-refractivity contribution in [2.45, 2.75) is 43.6 Å². The van der Waals surface area contributed by atoms with Crippen molar-refractivity contribution < 1.29 is 42.1 Å². The number of carbonyl (C=O) groups excluding carboxylic acids is 2. The molecule has 10 nitrogen and oxygen atoms in total. The van der Waals surface area contributed by atoms with Gasteiger partial charge in [0, 0.05) is 23.9 Å². The zero-order chi connectivity index (χ0) is 25.8. The number of hydrogen-bond donors (Lipinski definition) is 4. The van der Waals surface area contributed by atoms with Gasteiger partial charge in [-0.3, -0.25) is 14.2 Å². The molecule has 0 saturated carbocycles. The summed E-state index contributed by atoms with van der Waals surface area (Å²) in [5, 5.41) is 23.2. The summed E-state index contributed by atoms with van der Waals surface area (Å²) < 4.78 is 57.6. The van der Waals surface area contributed by atoms with Gasteiger partial charge in [0.15, 0.2) is 12.4 Å². The summed E-state index contributed by atoms with van der Waals surface area (Å²) >= 11 is 0. The molecular weight excluding hydrogens is 480 g/mol. The lowest BCUT2D eigenvalue weighted by Crippen LogP contribution is -2.37. The first kappa shape index (κ1) is 26.2. The van der Waals surface area contributed by atoms with Gasteiger partial charge < -0.3 is 25.6 Å². The van der Waals surface area contributed by atoms with E-state index in [9.17, 15) is 42.2 Å². The van der Waals surface area contributed by atoms with E-state index < -0.39 is 54.9 Å². The van der Waals surface area contributed by atoms with Crippen LogP contribution < -0.4 is 16.3 Å². The lowest BCUT2D eigenvalue weighted by Gasteiger charge is -2.19. The number of aliphatic hydroxyl groups excluding tert-OH is 2. The van der Waals surface area contributed by atoms with E-state index in [2.05, 4.69) is 10.3 Å². The molecule has 0 aliphatic carbocycles. The van der Waals surface area contributed by atoms with E-state index in [1.165, 1.54) is 12.1 Å². The van der Waals surface area contributed by atoms with Gasteiger partial charge in [0.05, 0.1) is 6.61 Å². The standard InChI is InChI=1S/C21H22F4N4O6/c22-14-15(31)13(10-30)35-18(14)29-9-12(7-4-8-26-19(33)21(23,24)25)16(28-20(29)34)27-17(32)11-5-2-1-3-6-11/h1-3,5-6,9,13-15,18,30-31H,4,7-8,10H2,(H,26,33)(H,27,28,32,34)/t13-,14-,15-,18-/m1/s1. The molecule has 0 bridgehead atoms. The molecule has 0 spiro atoms. The topological polar surface area (TPSA) is 143 Å². The highest BCUT2D eigenvalue weighted by Crippen LogP contribution is 2.31. The predicted molar refractivity (Wildman–Crippen MR) is 112 cm³/mol. The van der Waals surface area contributed by atoms with Crippen LogP contribution in [0.1, 0.15) is 28.6 Å². The quantitative estimate of drug-likeness (QED) is 0.307. The maximum absolute atomic E-state index is 14.6. The zero-order valence-electron chi connectivity index (χ0n) is 18.0. The van der Waals surface area contributed by atoms with Gasteiger partial charge >= 0.3 is 17.8 Å². The van der Waals surface area contributed by atoms with E-state index in [0.29, 0.717) is 0 Å². The van der Waals surface area contributed by atoms with Crippen LogP contribution in [0.4, 0.5) is 23.4 Å². The number of anilines is 1. The van der Waals surface area contributed by atoms with Gasteiger partial charge in [-0.15, -0.1) is 0 Å². The van der Waals surface area contributed by atoms with Gasteiger partial charge in [-0.25, -0.2) is 9.18 Å². The first-order valence-corrected chi connectivity index (χ1v) is 10.4. The van der Waals surface area contributed by atoms with Gasteiger partial charge in [0.1, 0.15) is 18.0 Å². The van der Waals surface area contributed by atoms with Crippen LogP contribution in [0.15, 0.2) is 41.3 Å². The fraction of sp³-hybridized carbons (Fsp3) is 0.429. The molecule has 1 saturated heterocycles. The van der Waals surface area contributed by atoms with Gasteiger partial charge in [-0.05, 0) is 25.0 Å². The average Bonchev–Trinajstić information content (AvgIpc) is 3.11. The van der Waals surface area contributed by atoms with Crippen molar-refractivity contribution in [2.24, 2.45) is 0 Å². The number of nitrogens with one attached hydrogen (secondary N) is 2. The van der Waals surface area contributed by atoms with E-state index in [1.807, 2.05) is 0 Å². The van der Waals surface area contributed by atoms with Crippen LogP contribution in [0.5, 0.6) is 0 Å². The molecule has 4 N–H and O–H groups in total. The van der Waals surface area contributed by atoms with Crippen LogP contribution in [0, 0.1) is 0 Å². The predicted octanol–water partition coefficient (Wildman–Crippen LogP) is 0.695. The SMILES string of the molecule is O=C(Nc1nc(=O)n([C@@H]2O[C@H](CO)[C@@H](O)[C@H]2F)cc1CCCNC(=O)C(F)(F)F)c1ccccc1. The number of benzene rings is 1. The Morgan fingerprint density at radius 2 is 1.89 bits per heavy atom. The third-order valence-corrected chi connectivity index (χ3v) is 5.21. The fourth-order valence-electron chi connectivity index (χ4n) is 3.41. The number of hydrogen-bond acceptors (Lipinski definition) is 7. The molecule has 1 aromatic heterocycles. The Kier molecular flexibility index (Phi) is 8.19. The molecule has 0 radical (unpaired) electrons. The fourth-order valence-corrected chi connectivity index (χ4v) is 3.41. The Labute approximate surface area is 195 Å². The second-order valence-electron chi connectivity index (χ2n) is 7.66. The lowest BCUT2D eigenvalue weighted by atomic mass is 10.1. The van der Waals surface area contributed by atoms with Crippen molar-refractivity contribution in [1.29, 1.82) is 0 Å². The van der Waals surface area contributed by atoms with Gasteiger partial charge in [0.2, 0.25) is 0 Å². The maximum Gasteiger partial charge on any atom is 0.471 e. The first-order chi connectivity index (χ1) is 16.5. The molecule has 1 fully saturated rings. The molecule has 1 aliphatic rings. The Hall–Kier alpha value is -3.36. The molecule has 190 valence electrons. The van der Waals surface area contributed by atoms with Crippen LogP contribution in [-0.4, -0.2) is 69.3 Å². The van der Waals surface area contributed by atoms with E-state index >= 15 is 0 Å². The molecule has 3 rings (SSSR count). The Morgan fingerprint density at radius 1 is 1.20 bits per heavy atom.